The summed E-state index contributed by atoms with van der Waals surface area (Å²) in [5.41, 5.74) is 9.97. The van der Waals surface area contributed by atoms with Gasteiger partial charge in [-0.15, -0.1) is 0 Å². The summed E-state index contributed by atoms with van der Waals surface area (Å²) in [5.74, 6) is 2.19. The van der Waals surface area contributed by atoms with Gasteiger partial charge in [0.15, 0.2) is 0 Å². The van der Waals surface area contributed by atoms with Gasteiger partial charge in [0.25, 0.3) is 0 Å². The summed E-state index contributed by atoms with van der Waals surface area (Å²) >= 11 is 0. The molecule has 3 N–H and O–H groups in total. The van der Waals surface area contributed by atoms with E-state index in [1.807, 2.05) is 12.1 Å². The third kappa shape index (κ3) is 2.85. The Balaban J connectivity index is 2.58. The fourth-order valence-electron chi connectivity index (χ4n) is 2.26. The van der Waals surface area contributed by atoms with E-state index in [0.29, 0.717) is 12.5 Å². The number of nitrogens with one attached hydrogen (secondary N) is 1. The number of aryl methyl sites for hydroxylation is 1. The third-order valence-corrected chi connectivity index (χ3v) is 3.35. The van der Waals surface area contributed by atoms with Crippen molar-refractivity contribution in [1.82, 2.24) is 9.97 Å². The van der Waals surface area contributed by atoms with Crippen LogP contribution in [0, 0.1) is 6.92 Å². The molecule has 0 aliphatic rings. The minimum absolute atomic E-state index is 0.357. The summed E-state index contributed by atoms with van der Waals surface area (Å²) in [5, 5.41) is 0. The van der Waals surface area contributed by atoms with Gasteiger partial charge in [-0.3, -0.25) is 0 Å². The largest absolute Gasteiger partial charge is 0.496 e. The highest BCUT2D eigenvalue weighted by Crippen LogP contribution is 2.33. The van der Waals surface area contributed by atoms with Crippen LogP contribution < -0.4 is 10.5 Å². The number of benzene rings is 1. The highest BCUT2D eigenvalue weighted by Gasteiger charge is 2.17. The maximum atomic E-state index is 5.71. The Hall–Kier alpha value is -1.81. The summed E-state index contributed by atoms with van der Waals surface area (Å²) in [6.45, 7) is 6.92. The number of aromatic amines is 1. The van der Waals surface area contributed by atoms with Gasteiger partial charge in [0.05, 0.1) is 12.8 Å². The lowest BCUT2D eigenvalue weighted by atomic mass is 10.0. The summed E-state index contributed by atoms with van der Waals surface area (Å²) in [7, 11) is 1.69. The van der Waals surface area contributed by atoms with E-state index in [4.69, 9.17) is 15.5 Å². The first-order valence-electron chi connectivity index (χ1n) is 7.00. The van der Waals surface area contributed by atoms with Crippen molar-refractivity contribution >= 4 is 0 Å². The summed E-state index contributed by atoms with van der Waals surface area (Å²) in [4.78, 5) is 8.16. The van der Waals surface area contributed by atoms with Crippen molar-refractivity contribution in [1.29, 1.82) is 0 Å². The lowest BCUT2D eigenvalue weighted by Gasteiger charge is -2.09. The van der Waals surface area contributed by atoms with Crippen LogP contribution >= 0.6 is 0 Å². The molecule has 1 aromatic carbocycles. The van der Waals surface area contributed by atoms with Crippen molar-refractivity contribution in [2.75, 3.05) is 13.7 Å². The molecule has 0 aliphatic carbocycles. The first-order valence-corrected chi connectivity index (χ1v) is 7.00. The van der Waals surface area contributed by atoms with E-state index in [0.717, 1.165) is 34.9 Å². The maximum Gasteiger partial charge on any atom is 0.128 e. The minimum atomic E-state index is 0.357. The zero-order chi connectivity index (χ0) is 14.7. The number of nitrogens with zero attached hydrogens (tertiary/aromatic N) is 1. The number of imidazole rings is 1. The first kappa shape index (κ1) is 14.6. The average molecular weight is 273 g/mol. The monoisotopic (exact) mass is 273 g/mol. The lowest BCUT2D eigenvalue weighted by Crippen LogP contribution is -2.04. The lowest BCUT2D eigenvalue weighted by molar-refractivity contribution is 0.416. The van der Waals surface area contributed by atoms with Crippen molar-refractivity contribution in [3.8, 4) is 17.0 Å². The van der Waals surface area contributed by atoms with Gasteiger partial charge in [0.2, 0.25) is 0 Å². The molecule has 0 atom stereocenters. The van der Waals surface area contributed by atoms with Gasteiger partial charge in [-0.25, -0.2) is 4.98 Å². The number of ether oxygens (including phenoxy) is 1. The fourth-order valence-corrected chi connectivity index (χ4v) is 2.26. The van der Waals surface area contributed by atoms with Gasteiger partial charge in [0, 0.05) is 23.6 Å². The summed E-state index contributed by atoms with van der Waals surface area (Å²) in [6.07, 6.45) is 0.784. The second-order valence-electron chi connectivity index (χ2n) is 5.35. The third-order valence-electron chi connectivity index (χ3n) is 3.35. The number of nitrogens with two attached hydrogens (primary N) is 1. The SMILES string of the molecule is COc1ccc(C)cc1-c1nc(C(C)C)[nH]c1CCN. The number of hydrogen-bond acceptors (Lipinski definition) is 3. The van der Waals surface area contributed by atoms with E-state index in [1.54, 1.807) is 7.11 Å². The molecule has 108 valence electrons. The predicted octanol–water partition coefficient (Wildman–Crippen LogP) is 3.02. The van der Waals surface area contributed by atoms with Crippen molar-refractivity contribution in [2.24, 2.45) is 5.73 Å². The first-order chi connectivity index (χ1) is 9.56. The second kappa shape index (κ2) is 6.09. The maximum absolute atomic E-state index is 5.71. The molecule has 1 heterocycles. The molecular formula is C16H23N3O. The van der Waals surface area contributed by atoms with E-state index in [2.05, 4.69) is 31.8 Å². The highest BCUT2D eigenvalue weighted by molar-refractivity contribution is 5.70. The van der Waals surface area contributed by atoms with Crippen molar-refractivity contribution in [3.63, 3.8) is 0 Å². The number of H-pyrrole nitrogens is 1. The van der Waals surface area contributed by atoms with Crippen LogP contribution in [0.4, 0.5) is 0 Å². The molecule has 20 heavy (non-hydrogen) atoms. The molecule has 4 heteroatoms. The zero-order valence-corrected chi connectivity index (χ0v) is 12.7. The van der Waals surface area contributed by atoms with Crippen molar-refractivity contribution < 1.29 is 4.74 Å². The highest BCUT2D eigenvalue weighted by atomic mass is 16.5. The Bertz CT molecular complexity index is 587. The predicted molar refractivity (Wildman–Crippen MR) is 82.2 cm³/mol. The molecule has 0 unspecified atom stereocenters. The Morgan fingerprint density at radius 2 is 2.10 bits per heavy atom. The number of hydrogen-bond donors (Lipinski definition) is 2. The van der Waals surface area contributed by atoms with Crippen LogP contribution in [0.15, 0.2) is 18.2 Å². The van der Waals surface area contributed by atoms with Gasteiger partial charge in [-0.1, -0.05) is 25.5 Å². The second-order valence-corrected chi connectivity index (χ2v) is 5.35. The van der Waals surface area contributed by atoms with E-state index in [-0.39, 0.29) is 0 Å². The van der Waals surface area contributed by atoms with Gasteiger partial charge in [0.1, 0.15) is 11.6 Å². The van der Waals surface area contributed by atoms with Gasteiger partial charge in [-0.05, 0) is 25.6 Å². The molecule has 2 rings (SSSR count). The fraction of sp³-hybridized carbons (Fsp3) is 0.438. The molecule has 2 aromatic rings. The van der Waals surface area contributed by atoms with Crippen molar-refractivity contribution in [2.45, 2.75) is 33.1 Å². The number of rotatable bonds is 5. The standard InChI is InChI=1S/C16H23N3O/c1-10(2)16-18-13(7-8-17)15(19-16)12-9-11(3)5-6-14(12)20-4/h5-6,9-10H,7-8,17H2,1-4H3,(H,18,19). The molecule has 0 saturated carbocycles. The molecule has 0 fully saturated rings. The molecule has 0 spiro atoms. The van der Waals surface area contributed by atoms with Crippen LogP contribution in [0.25, 0.3) is 11.3 Å². The summed E-state index contributed by atoms with van der Waals surface area (Å²) in [6, 6.07) is 6.14. The molecule has 0 radical (unpaired) electrons. The van der Waals surface area contributed by atoms with Gasteiger partial charge < -0.3 is 15.5 Å². The molecule has 0 bridgehead atoms. The zero-order valence-electron chi connectivity index (χ0n) is 12.7. The molecule has 4 nitrogen and oxygen atoms in total. The molecule has 0 amide bonds. The number of methoxy groups -OCH3 is 1. The van der Waals surface area contributed by atoms with E-state index >= 15 is 0 Å². The Labute approximate surface area is 120 Å². The van der Waals surface area contributed by atoms with Crippen LogP contribution in [0.2, 0.25) is 0 Å². The minimum Gasteiger partial charge on any atom is -0.496 e. The van der Waals surface area contributed by atoms with Crippen LogP contribution in [0.1, 0.15) is 36.8 Å². The Morgan fingerprint density at radius 1 is 1.35 bits per heavy atom. The van der Waals surface area contributed by atoms with Crippen LogP contribution in [-0.4, -0.2) is 23.6 Å². The molecule has 1 aromatic heterocycles. The van der Waals surface area contributed by atoms with E-state index in [9.17, 15) is 0 Å². The van der Waals surface area contributed by atoms with Gasteiger partial charge in [-0.2, -0.15) is 0 Å². The smallest absolute Gasteiger partial charge is 0.128 e. The normalized spacial score (nSPS) is 11.1. The quantitative estimate of drug-likeness (QED) is 0.880. The Kier molecular flexibility index (Phi) is 4.45. The summed E-state index contributed by atoms with van der Waals surface area (Å²) < 4.78 is 5.47. The average Bonchev–Trinajstić information content (AvgIpc) is 2.83. The van der Waals surface area contributed by atoms with Crippen LogP contribution in [-0.2, 0) is 6.42 Å². The van der Waals surface area contributed by atoms with E-state index in [1.165, 1.54) is 5.56 Å². The molecule has 0 aliphatic heterocycles. The van der Waals surface area contributed by atoms with Crippen molar-refractivity contribution in [3.05, 3.63) is 35.3 Å². The Morgan fingerprint density at radius 3 is 2.70 bits per heavy atom. The molecular weight excluding hydrogens is 250 g/mol. The molecule has 0 saturated heterocycles. The van der Waals surface area contributed by atoms with Crippen LogP contribution in [0.5, 0.6) is 5.75 Å². The van der Waals surface area contributed by atoms with Crippen LogP contribution in [0.3, 0.4) is 0 Å². The topological polar surface area (TPSA) is 63.9 Å². The van der Waals surface area contributed by atoms with E-state index < -0.39 is 0 Å². The van der Waals surface area contributed by atoms with Gasteiger partial charge >= 0.3 is 0 Å². The number of aromatic nitrogens is 2.